The molecule has 0 saturated heterocycles. The monoisotopic (exact) mass is 288 g/mol. The number of nitrogens with two attached hydrogens (primary N) is 1. The van der Waals surface area contributed by atoms with E-state index in [1.54, 1.807) is 18.2 Å². The zero-order valence-corrected chi connectivity index (χ0v) is 12.5. The van der Waals surface area contributed by atoms with Crippen LogP contribution in [0, 0.1) is 26.2 Å². The lowest BCUT2D eigenvalue weighted by atomic mass is 10.1. The molecule has 0 saturated carbocycles. The second-order valence-electron chi connectivity index (χ2n) is 4.81. The lowest BCUT2D eigenvalue weighted by Crippen LogP contribution is -2.10. The number of nitrogen functional groups attached to an aromatic ring is 1. The molecule has 4 heteroatoms. The van der Waals surface area contributed by atoms with Crippen LogP contribution in [0.25, 0.3) is 0 Å². The zero-order valence-electron chi connectivity index (χ0n) is 11.8. The molecule has 3 N–H and O–H groups in total. The molecule has 0 radical (unpaired) electrons. The normalized spacial score (nSPS) is 10.4. The fourth-order valence-corrected chi connectivity index (χ4v) is 2.16. The first-order chi connectivity index (χ1) is 9.40. The van der Waals surface area contributed by atoms with Gasteiger partial charge >= 0.3 is 0 Å². The maximum atomic E-state index is 7.40. The Morgan fingerprint density at radius 2 is 1.75 bits per heavy atom. The lowest BCUT2D eigenvalue weighted by Gasteiger charge is -2.15. The number of ether oxygens (including phenoxy) is 1. The van der Waals surface area contributed by atoms with Crippen molar-refractivity contribution in [2.45, 2.75) is 20.8 Å². The number of halogens is 1. The van der Waals surface area contributed by atoms with Crippen LogP contribution in [0.1, 0.15) is 22.3 Å². The summed E-state index contributed by atoms with van der Waals surface area (Å²) >= 11 is 6.19. The van der Waals surface area contributed by atoms with E-state index < -0.39 is 0 Å². The van der Waals surface area contributed by atoms with Gasteiger partial charge in [0, 0.05) is 5.56 Å². The predicted molar refractivity (Wildman–Crippen MR) is 83.2 cm³/mol. The SMILES string of the molecule is Cc1ccc(C)c(Oc2ccc(C(=N)N)cc2Cl)c1C. The van der Waals surface area contributed by atoms with Gasteiger partial charge in [-0.25, -0.2) is 0 Å². The first kappa shape index (κ1) is 14.4. The van der Waals surface area contributed by atoms with E-state index in [0.717, 1.165) is 16.9 Å². The van der Waals surface area contributed by atoms with E-state index in [9.17, 15) is 0 Å². The number of nitrogens with one attached hydrogen (secondary N) is 1. The highest BCUT2D eigenvalue weighted by molar-refractivity contribution is 6.32. The molecular weight excluding hydrogens is 272 g/mol. The standard InChI is InChI=1S/C16H17ClN2O/c1-9-4-5-10(2)15(11(9)3)20-14-7-6-12(16(18)19)8-13(14)17/h4-8H,1-3H3,(H3,18,19). The topological polar surface area (TPSA) is 59.1 Å². The molecule has 0 heterocycles. The van der Waals surface area contributed by atoms with E-state index in [2.05, 4.69) is 6.07 Å². The summed E-state index contributed by atoms with van der Waals surface area (Å²) in [6.07, 6.45) is 0. The van der Waals surface area contributed by atoms with Gasteiger partial charge in [0.2, 0.25) is 0 Å². The molecule has 0 spiro atoms. The van der Waals surface area contributed by atoms with E-state index in [4.69, 9.17) is 27.5 Å². The van der Waals surface area contributed by atoms with Gasteiger partial charge in [0.15, 0.2) is 0 Å². The molecule has 0 bridgehead atoms. The van der Waals surface area contributed by atoms with E-state index in [1.165, 1.54) is 5.56 Å². The highest BCUT2D eigenvalue weighted by Gasteiger charge is 2.11. The second kappa shape index (κ2) is 5.55. The molecule has 2 rings (SSSR count). The Labute approximate surface area is 123 Å². The minimum absolute atomic E-state index is 0.0126. The summed E-state index contributed by atoms with van der Waals surface area (Å²) in [6.45, 7) is 6.07. The molecule has 3 nitrogen and oxygen atoms in total. The summed E-state index contributed by atoms with van der Waals surface area (Å²) in [7, 11) is 0. The zero-order chi connectivity index (χ0) is 14.9. The molecule has 0 aliphatic rings. The van der Waals surface area contributed by atoms with E-state index in [-0.39, 0.29) is 5.84 Å². The third kappa shape index (κ3) is 2.78. The van der Waals surface area contributed by atoms with Gasteiger partial charge in [0.05, 0.1) is 5.02 Å². The van der Waals surface area contributed by atoms with Crippen molar-refractivity contribution in [3.05, 3.63) is 57.6 Å². The maximum absolute atomic E-state index is 7.40. The Bertz CT molecular complexity index is 680. The summed E-state index contributed by atoms with van der Waals surface area (Å²) in [5.41, 5.74) is 9.34. The molecule has 2 aromatic rings. The Kier molecular flexibility index (Phi) is 4.00. The Morgan fingerprint density at radius 1 is 1.10 bits per heavy atom. The molecule has 104 valence electrons. The van der Waals surface area contributed by atoms with Crippen molar-refractivity contribution < 1.29 is 4.74 Å². The second-order valence-corrected chi connectivity index (χ2v) is 5.22. The van der Waals surface area contributed by atoms with Crippen LogP contribution in [0.3, 0.4) is 0 Å². The van der Waals surface area contributed by atoms with Crippen LogP contribution in [0.4, 0.5) is 0 Å². The van der Waals surface area contributed by atoms with Gasteiger partial charge in [-0.15, -0.1) is 0 Å². The minimum atomic E-state index is -0.0126. The molecule has 2 aromatic carbocycles. The lowest BCUT2D eigenvalue weighted by molar-refractivity contribution is 0.475. The average Bonchev–Trinajstić information content (AvgIpc) is 2.40. The molecule has 0 atom stereocenters. The number of hydrogen-bond acceptors (Lipinski definition) is 2. The Hall–Kier alpha value is -2.00. The van der Waals surface area contributed by atoms with Crippen LogP contribution in [-0.2, 0) is 0 Å². The van der Waals surface area contributed by atoms with E-state index in [0.29, 0.717) is 16.3 Å². The number of rotatable bonds is 3. The van der Waals surface area contributed by atoms with Gasteiger partial charge in [0.25, 0.3) is 0 Å². The first-order valence-electron chi connectivity index (χ1n) is 6.28. The molecule has 20 heavy (non-hydrogen) atoms. The van der Waals surface area contributed by atoms with Crippen molar-refractivity contribution in [1.82, 2.24) is 0 Å². The smallest absolute Gasteiger partial charge is 0.146 e. The molecule has 0 amide bonds. The number of hydrogen-bond donors (Lipinski definition) is 2. The van der Waals surface area contributed by atoms with Crippen LogP contribution in [0.2, 0.25) is 5.02 Å². The van der Waals surface area contributed by atoms with Crippen molar-refractivity contribution in [1.29, 1.82) is 5.41 Å². The van der Waals surface area contributed by atoms with Gasteiger partial charge < -0.3 is 10.5 Å². The Morgan fingerprint density at radius 3 is 2.35 bits per heavy atom. The first-order valence-corrected chi connectivity index (χ1v) is 6.66. The molecule has 0 aliphatic heterocycles. The van der Waals surface area contributed by atoms with Gasteiger partial charge in [0.1, 0.15) is 17.3 Å². The molecule has 0 fully saturated rings. The van der Waals surface area contributed by atoms with Gasteiger partial charge in [-0.3, -0.25) is 5.41 Å². The van der Waals surface area contributed by atoms with Crippen LogP contribution >= 0.6 is 11.6 Å². The molecule has 0 unspecified atom stereocenters. The quantitative estimate of drug-likeness (QED) is 0.652. The van der Waals surface area contributed by atoms with Crippen molar-refractivity contribution >= 4 is 17.4 Å². The van der Waals surface area contributed by atoms with E-state index in [1.807, 2.05) is 26.8 Å². The minimum Gasteiger partial charge on any atom is -0.455 e. The largest absolute Gasteiger partial charge is 0.455 e. The summed E-state index contributed by atoms with van der Waals surface area (Å²) < 4.78 is 5.94. The molecule has 0 aliphatic carbocycles. The number of aryl methyl sites for hydroxylation is 2. The summed E-state index contributed by atoms with van der Waals surface area (Å²) in [5, 5.41) is 7.84. The van der Waals surface area contributed by atoms with Crippen molar-refractivity contribution in [3.8, 4) is 11.5 Å². The average molecular weight is 289 g/mol. The summed E-state index contributed by atoms with van der Waals surface area (Å²) in [6, 6.07) is 9.19. The highest BCUT2D eigenvalue weighted by Crippen LogP contribution is 2.34. The highest BCUT2D eigenvalue weighted by atomic mass is 35.5. The van der Waals surface area contributed by atoms with Crippen LogP contribution < -0.4 is 10.5 Å². The number of amidine groups is 1. The van der Waals surface area contributed by atoms with Crippen molar-refractivity contribution in [2.75, 3.05) is 0 Å². The Balaban J connectivity index is 2.41. The molecular formula is C16H17ClN2O. The van der Waals surface area contributed by atoms with Crippen LogP contribution in [0.15, 0.2) is 30.3 Å². The van der Waals surface area contributed by atoms with Gasteiger partial charge in [-0.05, 0) is 55.7 Å². The fraction of sp³-hybridized carbons (Fsp3) is 0.188. The van der Waals surface area contributed by atoms with Gasteiger partial charge in [-0.2, -0.15) is 0 Å². The van der Waals surface area contributed by atoms with Crippen LogP contribution in [-0.4, -0.2) is 5.84 Å². The molecule has 0 aromatic heterocycles. The number of benzene rings is 2. The fourth-order valence-electron chi connectivity index (χ4n) is 1.94. The van der Waals surface area contributed by atoms with Crippen molar-refractivity contribution in [2.24, 2.45) is 5.73 Å². The summed E-state index contributed by atoms with van der Waals surface area (Å²) in [5.74, 6) is 1.37. The summed E-state index contributed by atoms with van der Waals surface area (Å²) in [4.78, 5) is 0. The van der Waals surface area contributed by atoms with E-state index >= 15 is 0 Å². The third-order valence-corrected chi connectivity index (χ3v) is 3.62. The van der Waals surface area contributed by atoms with Crippen molar-refractivity contribution in [3.63, 3.8) is 0 Å². The van der Waals surface area contributed by atoms with Crippen LogP contribution in [0.5, 0.6) is 11.5 Å². The third-order valence-electron chi connectivity index (χ3n) is 3.33. The predicted octanol–water partition coefficient (Wildman–Crippen LogP) is 4.34. The maximum Gasteiger partial charge on any atom is 0.146 e. The van der Waals surface area contributed by atoms with Gasteiger partial charge in [-0.1, -0.05) is 23.7 Å².